The van der Waals surface area contributed by atoms with E-state index in [-0.39, 0.29) is 258 Å². The number of ether oxygens (including phenoxy) is 4. The third-order valence-electron chi connectivity index (χ3n) is 22.8. The van der Waals surface area contributed by atoms with Crippen LogP contribution in [0.25, 0.3) is 0 Å². The summed E-state index contributed by atoms with van der Waals surface area (Å²) in [5, 5.41) is 19.2. The number of hydrogen-bond donors (Lipinski definition) is 8. The Morgan fingerprint density at radius 2 is 0.583 bits per heavy atom. The Morgan fingerprint density at radius 3 is 0.939 bits per heavy atom. The number of imide groups is 4. The molecule has 0 saturated carbocycles. The quantitative estimate of drug-likeness (QED) is 0.0270. The maximum Gasteiger partial charge on any atom is 0.255 e. The fourth-order valence-electron chi connectivity index (χ4n) is 16.1. The van der Waals surface area contributed by atoms with E-state index >= 15 is 0 Å². The van der Waals surface area contributed by atoms with Gasteiger partial charge in [0.15, 0.2) is 0 Å². The molecule has 8 aromatic rings. The standard InChI is InChI=1S/4C25H28N4O4/c4*30-23-8-7-22(24(31)27-23)29-16-20-19(25(29)32)5-2-6-21(20)26-14-17-3-1-4-18(13-17)15-28-9-11-33-12-10-28/h4*1-6,13,22,26H,7-12,14-16H2,(H,27,30,31)/i1D,2D,3D,4D,5D,6D,7D2,8D2,13D,22D;1D,2D,3D,4D,5D,6D,7D2,8D2,13D;1D,2D,3D,4D,5D,6D,13D,22D;1D,2D,3D,4D,5D,6D,13D. The van der Waals surface area contributed by atoms with Crippen LogP contribution in [0.3, 0.4) is 0 Å². The summed E-state index contributed by atoms with van der Waals surface area (Å²) in [4.78, 5) is 163. The number of morpholine rings is 4. The monoisotopic (exact) mass is 1830 g/mol. The molecule has 0 spiro atoms. The number of hydrogen-bond acceptors (Lipinski definition) is 24. The van der Waals surface area contributed by atoms with Crippen LogP contribution in [-0.2, 0) is 136 Å². The van der Waals surface area contributed by atoms with Crippen molar-refractivity contribution in [2.24, 2.45) is 0 Å². The van der Waals surface area contributed by atoms with Gasteiger partial charge in [-0.2, -0.15) is 0 Å². The highest BCUT2D eigenvalue weighted by Gasteiger charge is 2.45. The third kappa shape index (κ3) is 22.1. The summed E-state index contributed by atoms with van der Waals surface area (Å²) in [7, 11) is 0. The minimum absolute atomic E-state index is 0.0137. The van der Waals surface area contributed by atoms with Gasteiger partial charge in [0.1, 0.15) is 24.1 Å². The smallest absolute Gasteiger partial charge is 0.255 e. The molecule has 0 radical (unpaired) electrons. The van der Waals surface area contributed by atoms with Crippen LogP contribution in [0.5, 0.6) is 0 Å². The summed E-state index contributed by atoms with van der Waals surface area (Å²) < 4.78 is 340. The molecule has 12 aliphatic heterocycles. The van der Waals surface area contributed by atoms with Gasteiger partial charge in [0.25, 0.3) is 23.6 Å². The molecule has 8 fully saturated rings. The first-order valence-electron chi connectivity index (χ1n) is 61.4. The number of fused-ring (bicyclic) bond motifs is 4. The lowest BCUT2D eigenvalue weighted by Gasteiger charge is -2.29. The fraction of sp³-hybridized carbons (Fsp3) is 0.400. The van der Waals surface area contributed by atoms with Gasteiger partial charge in [-0.15, -0.1) is 0 Å². The Bertz CT molecular complexity index is 7970. The molecule has 12 aliphatic rings. The van der Waals surface area contributed by atoms with E-state index in [2.05, 4.69) is 31.9 Å². The normalized spacial score (nSPS) is 27.9. The van der Waals surface area contributed by atoms with Crippen LogP contribution in [0.4, 0.5) is 22.7 Å². The second-order valence-electron chi connectivity index (χ2n) is 31.5. The number of nitrogens with one attached hydrogen (secondary N) is 8. The zero-order chi connectivity index (χ0) is 125. The lowest BCUT2D eigenvalue weighted by atomic mass is 10.0. The number of nitrogens with zero attached hydrogens (tertiary/aromatic N) is 8. The van der Waals surface area contributed by atoms with E-state index in [9.17, 15) is 57.5 Å². The molecular weight excluding hydrogens is 1680 g/mol. The summed E-state index contributed by atoms with van der Waals surface area (Å²) in [6.07, 6.45) is -13.6. The number of benzene rings is 8. The van der Waals surface area contributed by atoms with Crippen molar-refractivity contribution in [1.82, 2.24) is 60.5 Å². The highest BCUT2D eigenvalue weighted by Crippen LogP contribution is 2.38. The molecule has 12 amide bonds. The molecule has 20 rings (SSSR count). The van der Waals surface area contributed by atoms with Crippen molar-refractivity contribution < 1.29 is 129 Å². The van der Waals surface area contributed by atoms with Crippen LogP contribution in [0.15, 0.2) is 169 Å². The van der Waals surface area contributed by atoms with Crippen molar-refractivity contribution in [3.63, 3.8) is 0 Å². The molecule has 32 heteroatoms. The van der Waals surface area contributed by atoms with E-state index < -0.39 is 242 Å². The Kier molecular flexibility index (Phi) is 17.9. The first kappa shape index (κ1) is 55.4. The first-order valence-corrected chi connectivity index (χ1v) is 42.4. The highest BCUT2D eigenvalue weighted by atomic mass is 16.5. The van der Waals surface area contributed by atoms with Crippen molar-refractivity contribution in [2.45, 2.75) is 154 Å². The number of piperidine rings is 4. The fourth-order valence-corrected chi connectivity index (χ4v) is 16.1. The van der Waals surface area contributed by atoms with Crippen LogP contribution >= 0.6 is 0 Å². The molecule has 8 saturated heterocycles. The Morgan fingerprint density at radius 1 is 0.311 bits per heavy atom. The zero-order valence-electron chi connectivity index (χ0n) is 109. The van der Waals surface area contributed by atoms with Crippen molar-refractivity contribution in [3.05, 3.63) is 258 Å². The number of carbonyl (C=O) groups excluding carboxylic acids is 12. The molecule has 688 valence electrons. The van der Waals surface area contributed by atoms with Gasteiger partial charge in [-0.1, -0.05) is 121 Å². The van der Waals surface area contributed by atoms with E-state index in [1.54, 1.807) is 10.6 Å². The van der Waals surface area contributed by atoms with E-state index in [1.807, 2.05) is 19.6 Å². The lowest BCUT2D eigenvalue weighted by molar-refractivity contribution is -0.138. The maximum atomic E-state index is 13.6. The van der Waals surface area contributed by atoms with Gasteiger partial charge >= 0.3 is 0 Å². The summed E-state index contributed by atoms with van der Waals surface area (Å²) in [5.74, 6) is -12.4. The van der Waals surface area contributed by atoms with Gasteiger partial charge in [-0.3, -0.25) is 98.4 Å². The molecule has 132 heavy (non-hydrogen) atoms. The molecule has 0 bridgehead atoms. The summed E-state index contributed by atoms with van der Waals surface area (Å²) >= 11 is 0. The Labute approximate surface area is 819 Å². The first-order chi connectivity index (χ1) is 79.8. The minimum atomic E-state index is -3.57. The highest BCUT2D eigenvalue weighted by molar-refractivity contribution is 6.09. The second kappa shape index (κ2) is 42.5. The maximum absolute atomic E-state index is 13.6. The zero-order valence-corrected chi connectivity index (χ0v) is 70.9. The molecule has 8 N–H and O–H groups in total. The number of anilines is 4. The van der Waals surface area contributed by atoms with Crippen LogP contribution in [-0.4, -0.2) is 239 Å². The average molecular weight is 1830 g/mol. The largest absolute Gasteiger partial charge is 0.381 e. The Hall–Kier alpha value is -12.9. The predicted molar refractivity (Wildman–Crippen MR) is 489 cm³/mol. The number of carbonyl (C=O) groups is 12. The molecule has 32 nitrogen and oxygen atoms in total. The van der Waals surface area contributed by atoms with Gasteiger partial charge < -0.3 is 59.8 Å². The second-order valence-corrected chi connectivity index (χ2v) is 31.5. The van der Waals surface area contributed by atoms with Crippen molar-refractivity contribution in [3.8, 4) is 0 Å². The molecule has 0 aromatic heterocycles. The van der Waals surface area contributed by atoms with E-state index in [0.29, 0.717) is 121 Å². The van der Waals surface area contributed by atoms with Gasteiger partial charge in [-0.05, 0) is 118 Å². The van der Waals surface area contributed by atoms with Gasteiger partial charge in [0.2, 0.25) is 47.3 Å². The van der Waals surface area contributed by atoms with Crippen molar-refractivity contribution in [2.75, 3.05) is 126 Å². The minimum Gasteiger partial charge on any atom is -0.381 e. The van der Waals surface area contributed by atoms with E-state index in [4.69, 9.17) is 71.0 Å². The van der Waals surface area contributed by atoms with Crippen LogP contribution in [0.2, 0.25) is 0 Å². The SMILES string of the molecule is [2H]c1c([2H])c(CNc2c([2H])c([2H])c([2H])c3c2CN(C2([2H])C(=O)NC(=O)C([2H])([2H])C2([2H])[2H])C3=O)c([2H])c(CN2CCOCC2)c1[2H].[2H]c1c([2H])c(CNc2c([2H])c([2H])c([2H])c3c2CN(C2([2H])CCC(=O)NC2=O)C3=O)c([2H])c(CN2CCOCC2)c1[2H].[2H]c1c([2H])c(CNc2c([2H])c([2H])c([2H])c3c2CN(C2C(=O)NC(=O)C([2H])([2H])C2([2H])[2H])C3=O)c([2H])c(CN2CCOCC2)c1[2H].[2H]c1c([2H])c(CNc2c([2H])c([2H])c([2H])c3c2CN(C2CCC(=O)NC2=O)C3=O)c([2H])c(CN2CCOCC2)c1[2H]. The predicted octanol–water partition coefficient (Wildman–Crippen LogP) is 7.57. The van der Waals surface area contributed by atoms with Gasteiger partial charge in [0, 0.05) is 235 Å². The molecule has 12 heterocycles. The lowest BCUT2D eigenvalue weighted by Crippen LogP contribution is -2.52. The molecule has 4 unspecified atom stereocenters. The van der Waals surface area contributed by atoms with Crippen molar-refractivity contribution in [1.29, 1.82) is 0 Å². The van der Waals surface area contributed by atoms with Gasteiger partial charge in [0.05, 0.1) is 94.0 Å². The van der Waals surface area contributed by atoms with Crippen molar-refractivity contribution >= 4 is 93.6 Å². The molecule has 8 aromatic carbocycles. The third-order valence-corrected chi connectivity index (χ3v) is 22.8. The summed E-state index contributed by atoms with van der Waals surface area (Å²) in [5.41, 5.74) is -0.361. The average Bonchev–Trinajstić information content (AvgIpc) is 1.47. The summed E-state index contributed by atoms with van der Waals surface area (Å²) in [6.45, 7) is 6.31. The summed E-state index contributed by atoms with van der Waals surface area (Å²) in [6, 6.07) is -19.7. The number of rotatable bonds is 24. The molecule has 4 atom stereocenters. The topological polar surface area (TPSA) is 364 Å². The van der Waals surface area contributed by atoms with E-state index in [1.165, 1.54) is 4.90 Å². The van der Waals surface area contributed by atoms with Crippen LogP contribution < -0.4 is 42.5 Å². The number of amides is 12. The van der Waals surface area contributed by atoms with Crippen LogP contribution in [0, 0.1) is 0 Å². The molecular formula is C100H112N16O16. The molecule has 0 aliphatic carbocycles. The van der Waals surface area contributed by atoms with Crippen LogP contribution in [0.1, 0.15) is 211 Å². The Balaban J connectivity index is 0.000000151. The van der Waals surface area contributed by atoms with E-state index in [0.717, 1.165) is 4.90 Å². The van der Waals surface area contributed by atoms with Gasteiger partial charge in [-0.25, -0.2) is 0 Å².